The number of amides is 1. The number of carbonyl (C=O) groups is 1. The lowest BCUT2D eigenvalue weighted by molar-refractivity contribution is 0.0780. The van der Waals surface area contributed by atoms with Gasteiger partial charge in [0.1, 0.15) is 5.69 Å². The van der Waals surface area contributed by atoms with Crippen LogP contribution < -0.4 is 0 Å². The van der Waals surface area contributed by atoms with Crippen molar-refractivity contribution in [3.05, 3.63) is 78.2 Å². The molecule has 4 heteroatoms. The van der Waals surface area contributed by atoms with Crippen molar-refractivity contribution in [1.82, 2.24) is 14.9 Å². The first kappa shape index (κ1) is 14.1. The maximum atomic E-state index is 12.5. The number of nitrogens with zero attached hydrogens (tertiary/aromatic N) is 2. The van der Waals surface area contributed by atoms with E-state index >= 15 is 0 Å². The van der Waals surface area contributed by atoms with Crippen molar-refractivity contribution < 1.29 is 4.79 Å². The summed E-state index contributed by atoms with van der Waals surface area (Å²) in [6, 6.07) is 17.5. The maximum Gasteiger partial charge on any atom is 0.270 e. The average molecular weight is 291 g/mol. The van der Waals surface area contributed by atoms with Gasteiger partial charge in [0, 0.05) is 31.7 Å². The molecule has 4 nitrogen and oxygen atoms in total. The van der Waals surface area contributed by atoms with Gasteiger partial charge in [-0.25, -0.2) is 0 Å². The molecule has 3 rings (SSSR count). The van der Waals surface area contributed by atoms with E-state index in [9.17, 15) is 4.79 Å². The van der Waals surface area contributed by atoms with E-state index in [1.807, 2.05) is 54.6 Å². The fraction of sp³-hybridized carbons (Fsp3) is 0.111. The highest BCUT2D eigenvalue weighted by Crippen LogP contribution is 2.18. The van der Waals surface area contributed by atoms with E-state index in [2.05, 4.69) is 9.97 Å². The Morgan fingerprint density at radius 3 is 2.64 bits per heavy atom. The van der Waals surface area contributed by atoms with Crippen LogP contribution in [0.2, 0.25) is 0 Å². The molecule has 2 aromatic heterocycles. The highest BCUT2D eigenvalue weighted by molar-refractivity contribution is 5.93. The van der Waals surface area contributed by atoms with Crippen LogP contribution in [0.5, 0.6) is 0 Å². The molecule has 1 amide bonds. The monoisotopic (exact) mass is 291 g/mol. The first-order valence-corrected chi connectivity index (χ1v) is 7.13. The van der Waals surface area contributed by atoms with Gasteiger partial charge >= 0.3 is 0 Å². The van der Waals surface area contributed by atoms with Crippen LogP contribution in [0, 0.1) is 0 Å². The van der Waals surface area contributed by atoms with Gasteiger partial charge in [-0.3, -0.25) is 9.78 Å². The fourth-order valence-electron chi connectivity index (χ4n) is 2.35. The second kappa shape index (κ2) is 6.26. The van der Waals surface area contributed by atoms with E-state index < -0.39 is 0 Å². The van der Waals surface area contributed by atoms with Crippen LogP contribution in [0.4, 0.5) is 0 Å². The number of hydrogen-bond acceptors (Lipinski definition) is 2. The molecule has 1 N–H and O–H groups in total. The average Bonchev–Trinajstić information content (AvgIpc) is 3.06. The van der Waals surface area contributed by atoms with Crippen molar-refractivity contribution >= 4 is 5.91 Å². The Morgan fingerprint density at radius 1 is 1.09 bits per heavy atom. The first-order valence-electron chi connectivity index (χ1n) is 7.13. The summed E-state index contributed by atoms with van der Waals surface area (Å²) in [5.74, 6) is -0.0361. The number of rotatable bonds is 4. The van der Waals surface area contributed by atoms with Crippen molar-refractivity contribution in [3.8, 4) is 11.3 Å². The number of aromatic amines is 1. The summed E-state index contributed by atoms with van der Waals surface area (Å²) >= 11 is 0. The molecule has 0 aliphatic rings. The van der Waals surface area contributed by atoms with Gasteiger partial charge in [-0.05, 0) is 29.3 Å². The summed E-state index contributed by atoms with van der Waals surface area (Å²) in [6.45, 7) is 0.534. The molecule has 3 aromatic rings. The maximum absolute atomic E-state index is 12.5. The minimum atomic E-state index is -0.0361. The van der Waals surface area contributed by atoms with Gasteiger partial charge < -0.3 is 9.88 Å². The molecule has 1 aromatic carbocycles. The Kier molecular flexibility index (Phi) is 4.01. The number of carbonyl (C=O) groups excluding carboxylic acids is 1. The van der Waals surface area contributed by atoms with Crippen molar-refractivity contribution in [1.29, 1.82) is 0 Å². The zero-order valence-corrected chi connectivity index (χ0v) is 12.4. The van der Waals surface area contributed by atoms with E-state index in [0.717, 1.165) is 16.8 Å². The summed E-state index contributed by atoms with van der Waals surface area (Å²) in [7, 11) is 1.79. The molecule has 22 heavy (non-hydrogen) atoms. The molecule has 0 atom stereocenters. The van der Waals surface area contributed by atoms with Gasteiger partial charge in [-0.2, -0.15) is 0 Å². The van der Waals surface area contributed by atoms with E-state index in [4.69, 9.17) is 0 Å². The quantitative estimate of drug-likeness (QED) is 0.801. The lowest BCUT2D eigenvalue weighted by Gasteiger charge is -2.16. The van der Waals surface area contributed by atoms with Gasteiger partial charge in [0.2, 0.25) is 0 Å². The summed E-state index contributed by atoms with van der Waals surface area (Å²) in [5, 5.41) is 0. The van der Waals surface area contributed by atoms with Gasteiger partial charge in [0.15, 0.2) is 0 Å². The van der Waals surface area contributed by atoms with Crippen molar-refractivity contribution in [3.63, 3.8) is 0 Å². The van der Waals surface area contributed by atoms with Crippen LogP contribution >= 0.6 is 0 Å². The number of nitrogens with one attached hydrogen (secondary N) is 1. The molecule has 0 bridgehead atoms. The van der Waals surface area contributed by atoms with Crippen LogP contribution in [-0.2, 0) is 6.54 Å². The molecule has 0 aliphatic carbocycles. The van der Waals surface area contributed by atoms with E-state index in [1.54, 1.807) is 24.3 Å². The van der Waals surface area contributed by atoms with Crippen LogP contribution in [0.1, 0.15) is 16.1 Å². The Morgan fingerprint density at radius 2 is 1.91 bits per heavy atom. The third-order valence-corrected chi connectivity index (χ3v) is 3.49. The summed E-state index contributed by atoms with van der Waals surface area (Å²) < 4.78 is 0. The Hall–Kier alpha value is -2.88. The summed E-state index contributed by atoms with van der Waals surface area (Å²) in [6.07, 6.45) is 3.50. The topological polar surface area (TPSA) is 49.0 Å². The number of aromatic nitrogens is 2. The van der Waals surface area contributed by atoms with E-state index in [-0.39, 0.29) is 5.91 Å². The van der Waals surface area contributed by atoms with Crippen LogP contribution in [-0.4, -0.2) is 27.8 Å². The van der Waals surface area contributed by atoms with Crippen LogP contribution in [0.3, 0.4) is 0 Å². The van der Waals surface area contributed by atoms with Gasteiger partial charge in [0.05, 0.1) is 0 Å². The van der Waals surface area contributed by atoms with Gasteiger partial charge in [-0.15, -0.1) is 0 Å². The molecular formula is C18H17N3O. The van der Waals surface area contributed by atoms with Gasteiger partial charge in [-0.1, -0.05) is 36.4 Å². The molecule has 0 radical (unpaired) electrons. The molecule has 0 saturated heterocycles. The minimum Gasteiger partial charge on any atom is -0.351 e. The smallest absolute Gasteiger partial charge is 0.270 e. The molecular weight excluding hydrogens is 274 g/mol. The molecule has 0 fully saturated rings. The van der Waals surface area contributed by atoms with E-state index in [1.165, 1.54) is 0 Å². The number of H-pyrrole nitrogens is 1. The molecule has 2 heterocycles. The fourth-order valence-corrected chi connectivity index (χ4v) is 2.35. The third-order valence-electron chi connectivity index (χ3n) is 3.49. The van der Waals surface area contributed by atoms with Crippen LogP contribution in [0.25, 0.3) is 11.3 Å². The molecule has 0 saturated carbocycles. The lowest BCUT2D eigenvalue weighted by Crippen LogP contribution is -2.26. The highest BCUT2D eigenvalue weighted by Gasteiger charge is 2.14. The third kappa shape index (κ3) is 3.06. The Labute approximate surface area is 129 Å². The zero-order valence-electron chi connectivity index (χ0n) is 12.4. The SMILES string of the molecule is CN(Cc1cccnc1)C(=O)c1ccc(-c2ccccc2)[nH]1. The number of hydrogen-bond donors (Lipinski definition) is 1. The normalized spacial score (nSPS) is 10.4. The standard InChI is InChI=1S/C18H17N3O/c1-21(13-14-6-5-11-19-12-14)18(22)17-10-9-16(20-17)15-7-3-2-4-8-15/h2-12,20H,13H2,1H3. The molecule has 0 unspecified atom stereocenters. The number of pyridine rings is 1. The summed E-state index contributed by atoms with van der Waals surface area (Å²) in [4.78, 5) is 21.4. The predicted octanol–water partition coefficient (Wildman–Crippen LogP) is 3.35. The molecule has 0 aliphatic heterocycles. The van der Waals surface area contributed by atoms with Crippen molar-refractivity contribution in [2.45, 2.75) is 6.54 Å². The predicted molar refractivity (Wildman–Crippen MR) is 86.3 cm³/mol. The lowest BCUT2D eigenvalue weighted by atomic mass is 10.2. The Bertz CT molecular complexity index is 750. The van der Waals surface area contributed by atoms with Gasteiger partial charge in [0.25, 0.3) is 5.91 Å². The van der Waals surface area contributed by atoms with E-state index in [0.29, 0.717) is 12.2 Å². The zero-order chi connectivity index (χ0) is 15.4. The second-order valence-corrected chi connectivity index (χ2v) is 5.17. The minimum absolute atomic E-state index is 0.0361. The first-order chi connectivity index (χ1) is 10.7. The highest BCUT2D eigenvalue weighted by atomic mass is 16.2. The van der Waals surface area contributed by atoms with Crippen molar-refractivity contribution in [2.24, 2.45) is 0 Å². The Balaban J connectivity index is 1.74. The van der Waals surface area contributed by atoms with Crippen molar-refractivity contribution in [2.75, 3.05) is 7.05 Å². The van der Waals surface area contributed by atoms with Crippen LogP contribution in [0.15, 0.2) is 67.0 Å². The molecule has 0 spiro atoms. The summed E-state index contributed by atoms with van der Waals surface area (Å²) in [5.41, 5.74) is 3.61. The second-order valence-electron chi connectivity index (χ2n) is 5.17. The molecule has 110 valence electrons. The number of benzene rings is 1. The largest absolute Gasteiger partial charge is 0.351 e.